The smallest absolute Gasteiger partial charge is 0.181 e. The van der Waals surface area contributed by atoms with Crippen molar-refractivity contribution in [2.24, 2.45) is 5.73 Å². The van der Waals surface area contributed by atoms with E-state index in [1.807, 2.05) is 6.07 Å². The molecule has 4 heterocycles. The summed E-state index contributed by atoms with van der Waals surface area (Å²) in [4.78, 5) is 11.6. The van der Waals surface area contributed by atoms with Crippen molar-refractivity contribution < 1.29 is 13.9 Å². The highest BCUT2D eigenvalue weighted by molar-refractivity contribution is 5.90. The third-order valence-corrected chi connectivity index (χ3v) is 7.17. The summed E-state index contributed by atoms with van der Waals surface area (Å²) in [5, 5.41) is 24.5. The number of rotatable bonds is 5. The number of aliphatic hydroxyl groups is 1. The van der Waals surface area contributed by atoms with Gasteiger partial charge in [0.05, 0.1) is 40.8 Å². The van der Waals surface area contributed by atoms with Gasteiger partial charge in [-0.25, -0.2) is 18.7 Å². The monoisotopic (exact) mass is 542 g/mol. The van der Waals surface area contributed by atoms with Crippen LogP contribution in [0, 0.1) is 23.0 Å². The number of anilines is 1. The van der Waals surface area contributed by atoms with E-state index in [2.05, 4.69) is 15.0 Å². The predicted octanol–water partition coefficient (Wildman–Crippen LogP) is 4.26. The van der Waals surface area contributed by atoms with E-state index in [4.69, 9.17) is 10.7 Å². The van der Waals surface area contributed by atoms with Gasteiger partial charge in [-0.15, -0.1) is 0 Å². The van der Waals surface area contributed by atoms with Gasteiger partial charge in [-0.3, -0.25) is 9.08 Å². The molecule has 0 spiro atoms. The number of halogens is 2. The molecule has 1 atom stereocenters. The summed E-state index contributed by atoms with van der Waals surface area (Å²) >= 11 is 0. The van der Waals surface area contributed by atoms with Gasteiger partial charge in [0.15, 0.2) is 11.5 Å². The quantitative estimate of drug-likeness (QED) is 0.340. The summed E-state index contributed by atoms with van der Waals surface area (Å²) < 4.78 is 34.1. The fourth-order valence-corrected chi connectivity index (χ4v) is 5.38. The Bertz CT molecular complexity index is 1800. The van der Waals surface area contributed by atoms with Crippen LogP contribution in [0.25, 0.3) is 39.1 Å². The van der Waals surface area contributed by atoms with Crippen molar-refractivity contribution in [3.63, 3.8) is 0 Å². The van der Waals surface area contributed by atoms with Gasteiger partial charge in [0.2, 0.25) is 0 Å². The number of nitrogens with zero attached hydrogens (tertiary/aromatic N) is 7. The summed E-state index contributed by atoms with van der Waals surface area (Å²) in [6.07, 6.45) is 6.79. The van der Waals surface area contributed by atoms with Crippen LogP contribution < -0.4 is 10.6 Å². The number of fused-ring (bicyclic) bond motifs is 2. The first-order valence-corrected chi connectivity index (χ1v) is 13.1. The van der Waals surface area contributed by atoms with E-state index in [0.29, 0.717) is 45.9 Å². The van der Waals surface area contributed by atoms with Crippen LogP contribution in [0.15, 0.2) is 48.9 Å². The van der Waals surface area contributed by atoms with E-state index in [0.717, 1.165) is 19.4 Å². The normalized spacial score (nSPS) is 16.1. The van der Waals surface area contributed by atoms with Crippen LogP contribution in [0.4, 0.5) is 14.6 Å². The van der Waals surface area contributed by atoms with Crippen LogP contribution in [0.3, 0.4) is 0 Å². The number of aromatic nitrogens is 5. The molecule has 1 aliphatic heterocycles. The standard InChI is InChI=1S/C29H28F2N8O/c1-29(2,40)16-39-24-12-23(31)21(10-19(24)14-35-39)26-25(17-5-6-18(13-32)22(30)11-17)36-28-27(34-7-9-38(26)28)37-8-3-4-20(33)15-37/h5-7,9-12,14,20,40H,3-4,8,15-16,33H2,1-2H3. The highest BCUT2D eigenvalue weighted by atomic mass is 19.1. The van der Waals surface area contributed by atoms with Crippen LogP contribution >= 0.6 is 0 Å². The Hall–Kier alpha value is -4.40. The molecule has 1 aliphatic rings. The molecule has 1 saturated heterocycles. The molecule has 0 aliphatic carbocycles. The summed E-state index contributed by atoms with van der Waals surface area (Å²) in [6.45, 7) is 4.87. The summed E-state index contributed by atoms with van der Waals surface area (Å²) in [7, 11) is 0. The molecule has 0 saturated carbocycles. The van der Waals surface area contributed by atoms with Gasteiger partial charge in [0.1, 0.15) is 17.7 Å². The summed E-state index contributed by atoms with van der Waals surface area (Å²) in [5.41, 5.74) is 7.54. The molecule has 1 unspecified atom stereocenters. The molecule has 0 bridgehead atoms. The molecule has 5 aromatic rings. The maximum Gasteiger partial charge on any atom is 0.181 e. The molecule has 0 radical (unpaired) electrons. The second-order valence-electron chi connectivity index (χ2n) is 10.9. The van der Waals surface area contributed by atoms with Gasteiger partial charge in [-0.05, 0) is 44.9 Å². The number of imidazole rings is 1. The molecule has 9 nitrogen and oxygen atoms in total. The summed E-state index contributed by atoms with van der Waals surface area (Å²) in [6, 6.07) is 9.14. The average molecular weight is 543 g/mol. The maximum atomic E-state index is 16.0. The molecule has 204 valence electrons. The van der Waals surface area contributed by atoms with Crippen LogP contribution in [0.5, 0.6) is 0 Å². The third-order valence-electron chi connectivity index (χ3n) is 7.17. The molecule has 1 fully saturated rings. The lowest BCUT2D eigenvalue weighted by Gasteiger charge is -2.31. The van der Waals surface area contributed by atoms with Gasteiger partial charge < -0.3 is 15.7 Å². The van der Waals surface area contributed by atoms with Crippen molar-refractivity contribution in [2.45, 2.75) is 44.9 Å². The third kappa shape index (κ3) is 4.55. The molecule has 3 N–H and O–H groups in total. The fraction of sp³-hybridized carbons (Fsp3) is 0.310. The van der Waals surface area contributed by atoms with Crippen LogP contribution in [-0.2, 0) is 6.54 Å². The first-order valence-electron chi connectivity index (χ1n) is 13.1. The Morgan fingerprint density at radius 2 is 2.02 bits per heavy atom. The molecular formula is C29H28F2N8O. The second kappa shape index (κ2) is 9.66. The zero-order chi connectivity index (χ0) is 28.2. The van der Waals surface area contributed by atoms with E-state index in [-0.39, 0.29) is 23.7 Å². The number of hydrogen-bond acceptors (Lipinski definition) is 7. The Balaban J connectivity index is 1.59. The van der Waals surface area contributed by atoms with Crippen molar-refractivity contribution in [1.29, 1.82) is 5.26 Å². The van der Waals surface area contributed by atoms with Gasteiger partial charge in [-0.2, -0.15) is 10.4 Å². The second-order valence-corrected chi connectivity index (χ2v) is 10.9. The van der Waals surface area contributed by atoms with Gasteiger partial charge in [0.25, 0.3) is 0 Å². The molecule has 6 rings (SSSR count). The van der Waals surface area contributed by atoms with Crippen molar-refractivity contribution in [3.8, 4) is 28.6 Å². The molecular weight excluding hydrogens is 514 g/mol. The number of piperidine rings is 1. The van der Waals surface area contributed by atoms with E-state index < -0.39 is 17.2 Å². The highest BCUT2D eigenvalue weighted by Crippen LogP contribution is 2.38. The Kier molecular flexibility index (Phi) is 6.24. The highest BCUT2D eigenvalue weighted by Gasteiger charge is 2.26. The van der Waals surface area contributed by atoms with E-state index >= 15 is 4.39 Å². The summed E-state index contributed by atoms with van der Waals surface area (Å²) in [5.74, 6) is -0.605. The molecule has 40 heavy (non-hydrogen) atoms. The number of benzene rings is 2. The van der Waals surface area contributed by atoms with Crippen LogP contribution in [0.1, 0.15) is 32.3 Å². The van der Waals surface area contributed by atoms with Crippen molar-refractivity contribution >= 4 is 22.4 Å². The SMILES string of the molecule is CC(C)(O)Cn1ncc2cc(-c3c(-c4ccc(C#N)c(F)c4)nc4c(N5CCCC(N)C5)nccn34)c(F)cc21. The number of nitrogens with two attached hydrogens (primary N) is 1. The van der Waals surface area contributed by atoms with Crippen molar-refractivity contribution in [2.75, 3.05) is 18.0 Å². The van der Waals surface area contributed by atoms with Gasteiger partial charge >= 0.3 is 0 Å². The zero-order valence-electron chi connectivity index (χ0n) is 22.1. The minimum Gasteiger partial charge on any atom is -0.389 e. The Morgan fingerprint density at radius 1 is 1.20 bits per heavy atom. The van der Waals surface area contributed by atoms with E-state index in [1.165, 1.54) is 18.2 Å². The molecule has 3 aromatic heterocycles. The molecule has 2 aromatic carbocycles. The average Bonchev–Trinajstić information content (AvgIpc) is 3.48. The zero-order valence-corrected chi connectivity index (χ0v) is 22.1. The van der Waals surface area contributed by atoms with Gasteiger partial charge in [0, 0.05) is 54.1 Å². The van der Waals surface area contributed by atoms with Crippen molar-refractivity contribution in [3.05, 3.63) is 66.1 Å². The first-order chi connectivity index (χ1) is 19.1. The Morgan fingerprint density at radius 3 is 2.75 bits per heavy atom. The van der Waals surface area contributed by atoms with E-state index in [9.17, 15) is 14.8 Å². The minimum absolute atomic E-state index is 0.00221. The van der Waals surface area contributed by atoms with Crippen molar-refractivity contribution in [1.82, 2.24) is 24.1 Å². The first kappa shape index (κ1) is 25.9. The lowest BCUT2D eigenvalue weighted by molar-refractivity contribution is 0.0591. The fourth-order valence-electron chi connectivity index (χ4n) is 5.38. The number of hydrogen-bond donors (Lipinski definition) is 2. The number of nitriles is 1. The molecule has 0 amide bonds. The maximum absolute atomic E-state index is 16.0. The van der Waals surface area contributed by atoms with Crippen LogP contribution in [-0.4, -0.2) is 54.0 Å². The lowest BCUT2D eigenvalue weighted by atomic mass is 10.0. The predicted molar refractivity (Wildman–Crippen MR) is 148 cm³/mol. The lowest BCUT2D eigenvalue weighted by Crippen LogP contribution is -2.43. The van der Waals surface area contributed by atoms with Crippen LogP contribution in [0.2, 0.25) is 0 Å². The van der Waals surface area contributed by atoms with E-state index in [1.54, 1.807) is 53.7 Å². The van der Waals surface area contributed by atoms with Gasteiger partial charge in [-0.1, -0.05) is 6.07 Å². The minimum atomic E-state index is -1.04. The largest absolute Gasteiger partial charge is 0.389 e. The molecule has 11 heteroatoms. The topological polar surface area (TPSA) is 121 Å². The Labute approximate surface area is 229 Å².